The summed E-state index contributed by atoms with van der Waals surface area (Å²) in [6, 6.07) is 3.84. The number of hydrogen-bond donors (Lipinski definition) is 0. The first-order chi connectivity index (χ1) is 10.1. The number of oxazole rings is 1. The average molecular weight is 304 g/mol. The Morgan fingerprint density at radius 1 is 1.48 bits per heavy atom. The van der Waals surface area contributed by atoms with Crippen LogP contribution in [0.1, 0.15) is 17.3 Å². The number of hydrogen-bond acceptors (Lipinski definition) is 6. The summed E-state index contributed by atoms with van der Waals surface area (Å²) >= 11 is 1.53. The molecule has 0 bridgehead atoms. The van der Waals surface area contributed by atoms with Crippen molar-refractivity contribution in [3.63, 3.8) is 0 Å². The van der Waals surface area contributed by atoms with Crippen LogP contribution in [-0.2, 0) is 6.54 Å². The molecule has 0 spiro atoms. The minimum absolute atomic E-state index is 0.0485. The van der Waals surface area contributed by atoms with Crippen molar-refractivity contribution in [2.75, 3.05) is 0 Å². The van der Waals surface area contributed by atoms with E-state index in [0.717, 1.165) is 4.88 Å². The highest BCUT2D eigenvalue weighted by atomic mass is 32.1. The van der Waals surface area contributed by atoms with Crippen molar-refractivity contribution in [3.8, 4) is 10.8 Å². The van der Waals surface area contributed by atoms with Gasteiger partial charge in [0.05, 0.1) is 4.88 Å². The Bertz CT molecular complexity index is 789. The Labute approximate surface area is 124 Å². The lowest BCUT2D eigenvalue weighted by molar-refractivity contribution is -0.392. The minimum Gasteiger partial charge on any atom is -0.440 e. The number of nitrogens with zero attached hydrogens (tertiary/aromatic N) is 4. The topological polar surface area (TPSA) is 87.0 Å². The van der Waals surface area contributed by atoms with Gasteiger partial charge in [0.1, 0.15) is 24.2 Å². The molecule has 3 aromatic heterocycles. The first-order valence-electron chi connectivity index (χ1n) is 6.23. The maximum atomic E-state index is 11.0. The fraction of sp³-hybridized carbons (Fsp3) is 0.231. The van der Waals surface area contributed by atoms with Gasteiger partial charge < -0.3 is 14.5 Å². The fourth-order valence-electron chi connectivity index (χ4n) is 2.03. The smallest absolute Gasteiger partial charge is 0.343 e. The molecule has 3 rings (SSSR count). The average Bonchev–Trinajstić information content (AvgIpc) is 3.12. The van der Waals surface area contributed by atoms with Crippen LogP contribution in [0.5, 0.6) is 0 Å². The van der Waals surface area contributed by atoms with Crippen LogP contribution in [0.2, 0.25) is 0 Å². The Hall–Kier alpha value is -2.48. The highest BCUT2D eigenvalue weighted by Crippen LogP contribution is 2.27. The molecule has 0 amide bonds. The van der Waals surface area contributed by atoms with Crippen LogP contribution in [-0.4, -0.2) is 19.5 Å². The number of aromatic nitrogens is 3. The van der Waals surface area contributed by atoms with Gasteiger partial charge in [0.15, 0.2) is 5.82 Å². The standard InChI is InChI=1S/C13H12N4O3S/c1-8-10(15-13(20-8)11-4-3-5-21-11)7-16-9(2)14-6-12(16)17(18)19/h3-6H,7H2,1-2H3. The van der Waals surface area contributed by atoms with Crippen molar-refractivity contribution in [1.29, 1.82) is 0 Å². The van der Waals surface area contributed by atoms with E-state index in [9.17, 15) is 10.1 Å². The largest absolute Gasteiger partial charge is 0.440 e. The second-order valence-electron chi connectivity index (χ2n) is 4.51. The maximum absolute atomic E-state index is 11.0. The molecular formula is C13H12N4O3S. The van der Waals surface area contributed by atoms with Gasteiger partial charge in [-0.25, -0.2) is 14.5 Å². The Morgan fingerprint density at radius 2 is 2.29 bits per heavy atom. The van der Waals surface area contributed by atoms with Crippen molar-refractivity contribution in [2.24, 2.45) is 0 Å². The molecule has 0 aliphatic rings. The fourth-order valence-corrected chi connectivity index (χ4v) is 2.68. The van der Waals surface area contributed by atoms with Crippen LogP contribution in [0.3, 0.4) is 0 Å². The van der Waals surface area contributed by atoms with Crippen molar-refractivity contribution in [1.82, 2.24) is 14.5 Å². The van der Waals surface area contributed by atoms with Gasteiger partial charge in [-0.05, 0) is 23.3 Å². The molecule has 0 unspecified atom stereocenters. The summed E-state index contributed by atoms with van der Waals surface area (Å²) in [5.41, 5.74) is 0.669. The van der Waals surface area contributed by atoms with Crippen LogP contribution >= 0.6 is 11.3 Å². The van der Waals surface area contributed by atoms with Gasteiger partial charge in [-0.15, -0.1) is 11.3 Å². The van der Waals surface area contributed by atoms with E-state index in [1.807, 2.05) is 17.5 Å². The van der Waals surface area contributed by atoms with Crippen LogP contribution in [0, 0.1) is 24.0 Å². The summed E-state index contributed by atoms with van der Waals surface area (Å²) < 4.78 is 7.16. The number of imidazole rings is 1. The van der Waals surface area contributed by atoms with E-state index in [0.29, 0.717) is 23.2 Å². The first kappa shape index (κ1) is 13.5. The van der Waals surface area contributed by atoms with Gasteiger partial charge in [-0.2, -0.15) is 0 Å². The van der Waals surface area contributed by atoms with E-state index in [1.54, 1.807) is 13.8 Å². The lowest BCUT2D eigenvalue weighted by Gasteiger charge is -2.00. The molecule has 0 fully saturated rings. The zero-order chi connectivity index (χ0) is 15.0. The minimum atomic E-state index is -0.449. The molecule has 0 N–H and O–H groups in total. The molecule has 0 saturated heterocycles. The van der Waals surface area contributed by atoms with Crippen molar-refractivity contribution in [3.05, 3.63) is 51.1 Å². The van der Waals surface area contributed by atoms with E-state index in [2.05, 4.69) is 9.97 Å². The number of aryl methyl sites for hydroxylation is 2. The van der Waals surface area contributed by atoms with Crippen LogP contribution < -0.4 is 0 Å². The monoisotopic (exact) mass is 304 g/mol. The molecule has 0 atom stereocenters. The van der Waals surface area contributed by atoms with Crippen LogP contribution in [0.15, 0.2) is 28.1 Å². The Balaban J connectivity index is 1.96. The van der Waals surface area contributed by atoms with Gasteiger partial charge in [0.2, 0.25) is 5.89 Å². The maximum Gasteiger partial charge on any atom is 0.343 e. The molecule has 21 heavy (non-hydrogen) atoms. The predicted octanol–water partition coefficient (Wildman–Crippen LogP) is 3.17. The van der Waals surface area contributed by atoms with Gasteiger partial charge >= 0.3 is 5.82 Å². The molecular weight excluding hydrogens is 292 g/mol. The molecule has 0 radical (unpaired) electrons. The molecule has 0 aromatic carbocycles. The number of rotatable bonds is 4. The second-order valence-corrected chi connectivity index (χ2v) is 5.45. The molecule has 3 aromatic rings. The summed E-state index contributed by atoms with van der Waals surface area (Å²) in [5, 5.41) is 12.9. The Morgan fingerprint density at radius 3 is 2.95 bits per heavy atom. The van der Waals surface area contributed by atoms with Gasteiger partial charge in [0, 0.05) is 6.92 Å². The lowest BCUT2D eigenvalue weighted by atomic mass is 10.3. The van der Waals surface area contributed by atoms with Crippen molar-refractivity contribution < 1.29 is 9.34 Å². The second kappa shape index (κ2) is 5.13. The molecule has 0 aliphatic carbocycles. The molecule has 108 valence electrons. The zero-order valence-electron chi connectivity index (χ0n) is 11.4. The normalized spacial score (nSPS) is 11.0. The third kappa shape index (κ3) is 2.45. The Kier molecular flexibility index (Phi) is 3.30. The molecule has 7 nitrogen and oxygen atoms in total. The van der Waals surface area contributed by atoms with Crippen LogP contribution in [0.4, 0.5) is 5.82 Å². The van der Waals surface area contributed by atoms with Gasteiger partial charge in [-0.1, -0.05) is 6.07 Å². The van der Waals surface area contributed by atoms with E-state index in [-0.39, 0.29) is 12.4 Å². The number of nitro groups is 1. The molecule has 8 heteroatoms. The lowest BCUT2D eigenvalue weighted by Crippen LogP contribution is -2.07. The van der Waals surface area contributed by atoms with E-state index < -0.39 is 4.92 Å². The first-order valence-corrected chi connectivity index (χ1v) is 7.11. The molecule has 0 saturated carbocycles. The van der Waals surface area contributed by atoms with Crippen molar-refractivity contribution in [2.45, 2.75) is 20.4 Å². The van der Waals surface area contributed by atoms with Gasteiger partial charge in [-0.3, -0.25) is 0 Å². The van der Waals surface area contributed by atoms with Gasteiger partial charge in [0.25, 0.3) is 0 Å². The summed E-state index contributed by atoms with van der Waals surface area (Å²) in [6.07, 6.45) is 1.25. The van der Waals surface area contributed by atoms with E-state index in [1.165, 1.54) is 22.1 Å². The van der Waals surface area contributed by atoms with E-state index in [4.69, 9.17) is 4.42 Å². The third-order valence-corrected chi connectivity index (χ3v) is 4.01. The third-order valence-electron chi connectivity index (χ3n) is 3.15. The van der Waals surface area contributed by atoms with E-state index >= 15 is 0 Å². The predicted molar refractivity (Wildman–Crippen MR) is 77.3 cm³/mol. The van der Waals surface area contributed by atoms with Crippen LogP contribution in [0.25, 0.3) is 10.8 Å². The SMILES string of the molecule is Cc1oc(-c2cccs2)nc1Cn1c([N+](=O)[O-])cnc1C. The summed E-state index contributed by atoms with van der Waals surface area (Å²) in [6.45, 7) is 3.79. The molecule has 3 heterocycles. The number of thiophene rings is 1. The quantitative estimate of drug-likeness (QED) is 0.545. The summed E-state index contributed by atoms with van der Waals surface area (Å²) in [5.74, 6) is 1.72. The summed E-state index contributed by atoms with van der Waals surface area (Å²) in [4.78, 5) is 19.9. The molecule has 0 aliphatic heterocycles. The van der Waals surface area contributed by atoms with Crippen molar-refractivity contribution >= 4 is 17.2 Å². The highest BCUT2D eigenvalue weighted by molar-refractivity contribution is 7.13. The zero-order valence-corrected chi connectivity index (χ0v) is 12.3. The summed E-state index contributed by atoms with van der Waals surface area (Å²) in [7, 11) is 0. The highest BCUT2D eigenvalue weighted by Gasteiger charge is 2.21.